The van der Waals surface area contributed by atoms with Crippen LogP contribution >= 0.6 is 0 Å². The van der Waals surface area contributed by atoms with E-state index in [9.17, 15) is 9.90 Å². The molecule has 2 heterocycles. The summed E-state index contributed by atoms with van der Waals surface area (Å²) < 4.78 is 5.02. The minimum absolute atomic E-state index is 0.105. The number of nitrogens with zero attached hydrogens (tertiary/aromatic N) is 3. The highest BCUT2D eigenvalue weighted by molar-refractivity contribution is 5.91. The molecule has 1 aromatic heterocycles. The molecule has 0 bridgehead atoms. The van der Waals surface area contributed by atoms with E-state index in [0.717, 1.165) is 13.1 Å². The summed E-state index contributed by atoms with van der Waals surface area (Å²) in [5.41, 5.74) is 0.593. The number of aliphatic hydroxyl groups excluding tert-OH is 1. The van der Waals surface area contributed by atoms with Crippen LogP contribution in [0.15, 0.2) is 10.6 Å². The first-order valence-electron chi connectivity index (χ1n) is 7.40. The summed E-state index contributed by atoms with van der Waals surface area (Å²) in [6.07, 6.45) is -0.364. The van der Waals surface area contributed by atoms with E-state index < -0.39 is 0 Å². The highest BCUT2D eigenvalue weighted by Gasteiger charge is 2.28. The summed E-state index contributed by atoms with van der Waals surface area (Å²) in [4.78, 5) is 16.2. The average Bonchev–Trinajstić information content (AvgIpc) is 2.84. The van der Waals surface area contributed by atoms with E-state index in [1.807, 2.05) is 20.8 Å². The maximum atomic E-state index is 12.2. The molecule has 1 atom stereocenters. The van der Waals surface area contributed by atoms with E-state index in [1.165, 1.54) is 0 Å². The molecule has 118 valence electrons. The van der Waals surface area contributed by atoms with Crippen LogP contribution in [0.25, 0.3) is 0 Å². The molecule has 0 aliphatic carbocycles. The third-order valence-electron chi connectivity index (χ3n) is 3.93. The van der Waals surface area contributed by atoms with E-state index in [0.29, 0.717) is 31.1 Å². The first-order chi connectivity index (χ1) is 9.77. The number of aliphatic hydroxyl groups is 1. The summed E-state index contributed by atoms with van der Waals surface area (Å²) in [5, 5.41) is 13.9. The van der Waals surface area contributed by atoms with Gasteiger partial charge in [0.2, 0.25) is 5.76 Å². The van der Waals surface area contributed by atoms with Crippen LogP contribution in [0, 0.1) is 12.3 Å². The molecule has 1 unspecified atom stereocenters. The highest BCUT2D eigenvalue weighted by Crippen LogP contribution is 2.20. The molecule has 0 aromatic carbocycles. The van der Waals surface area contributed by atoms with Gasteiger partial charge in [0, 0.05) is 38.8 Å². The zero-order valence-electron chi connectivity index (χ0n) is 13.3. The van der Waals surface area contributed by atoms with Gasteiger partial charge in [-0.2, -0.15) is 0 Å². The van der Waals surface area contributed by atoms with E-state index in [-0.39, 0.29) is 17.4 Å². The fraction of sp³-hybridized carbons (Fsp3) is 0.733. The van der Waals surface area contributed by atoms with Gasteiger partial charge in [-0.3, -0.25) is 9.69 Å². The molecule has 6 heteroatoms. The van der Waals surface area contributed by atoms with Crippen molar-refractivity contribution in [1.82, 2.24) is 15.0 Å². The maximum absolute atomic E-state index is 12.2. The van der Waals surface area contributed by atoms with Crippen LogP contribution in [0.2, 0.25) is 0 Å². The van der Waals surface area contributed by atoms with Gasteiger partial charge in [0.05, 0.1) is 11.8 Å². The molecule has 1 amide bonds. The molecular formula is C15H25N3O3. The molecule has 2 rings (SSSR count). The summed E-state index contributed by atoms with van der Waals surface area (Å²) in [6.45, 7) is 11.4. The summed E-state index contributed by atoms with van der Waals surface area (Å²) in [6, 6.07) is 1.66. The zero-order chi connectivity index (χ0) is 15.6. The van der Waals surface area contributed by atoms with Gasteiger partial charge in [0.1, 0.15) is 0 Å². The predicted octanol–water partition coefficient (Wildman–Crippen LogP) is 1.15. The number of amides is 1. The van der Waals surface area contributed by atoms with Crippen LogP contribution in [-0.2, 0) is 0 Å². The zero-order valence-corrected chi connectivity index (χ0v) is 13.3. The Hall–Kier alpha value is -1.40. The molecular weight excluding hydrogens is 270 g/mol. The van der Waals surface area contributed by atoms with Crippen LogP contribution < -0.4 is 0 Å². The number of β-amino-alcohol motifs (C(OH)–C–C–N with tert-alkyl or cyclic N) is 1. The Morgan fingerprint density at radius 3 is 2.48 bits per heavy atom. The van der Waals surface area contributed by atoms with Crippen molar-refractivity contribution in [2.24, 2.45) is 5.41 Å². The van der Waals surface area contributed by atoms with Gasteiger partial charge >= 0.3 is 0 Å². The monoisotopic (exact) mass is 295 g/mol. The lowest BCUT2D eigenvalue weighted by Gasteiger charge is -2.37. The standard InChI is InChI=1S/C15H25N3O3/c1-11-9-12(21-16-11)14(20)18-7-5-17(6-8-18)10-13(19)15(2,3)4/h9,13,19H,5-8,10H2,1-4H3. The van der Waals surface area contributed by atoms with E-state index in [1.54, 1.807) is 17.9 Å². The SMILES string of the molecule is Cc1cc(C(=O)N2CCN(CC(O)C(C)(C)C)CC2)on1. The van der Waals surface area contributed by atoms with Gasteiger partial charge in [-0.05, 0) is 12.3 Å². The molecule has 21 heavy (non-hydrogen) atoms. The number of aromatic nitrogens is 1. The van der Waals surface area contributed by atoms with Crippen molar-refractivity contribution in [3.05, 3.63) is 17.5 Å². The highest BCUT2D eigenvalue weighted by atomic mass is 16.5. The number of aryl methyl sites for hydroxylation is 1. The number of hydrogen-bond donors (Lipinski definition) is 1. The second-order valence-corrected chi connectivity index (χ2v) is 6.81. The van der Waals surface area contributed by atoms with E-state index in [4.69, 9.17) is 4.52 Å². The Labute approximate surface area is 125 Å². The molecule has 1 aliphatic heterocycles. The Morgan fingerprint density at radius 2 is 2.00 bits per heavy atom. The van der Waals surface area contributed by atoms with Gasteiger partial charge < -0.3 is 14.5 Å². The molecule has 0 saturated carbocycles. The summed E-state index contributed by atoms with van der Waals surface area (Å²) >= 11 is 0. The van der Waals surface area contributed by atoms with Gasteiger partial charge in [0.25, 0.3) is 5.91 Å². The third-order valence-corrected chi connectivity index (χ3v) is 3.93. The van der Waals surface area contributed by atoms with Gasteiger partial charge in [-0.25, -0.2) is 0 Å². The van der Waals surface area contributed by atoms with E-state index >= 15 is 0 Å². The number of hydrogen-bond acceptors (Lipinski definition) is 5. The topological polar surface area (TPSA) is 69.8 Å². The largest absolute Gasteiger partial charge is 0.391 e. The van der Waals surface area contributed by atoms with Crippen molar-refractivity contribution in [2.45, 2.75) is 33.8 Å². The maximum Gasteiger partial charge on any atom is 0.292 e. The van der Waals surface area contributed by atoms with Crippen molar-refractivity contribution in [1.29, 1.82) is 0 Å². The summed E-state index contributed by atoms with van der Waals surface area (Å²) in [7, 11) is 0. The van der Waals surface area contributed by atoms with Gasteiger partial charge in [-0.15, -0.1) is 0 Å². The number of carbonyl (C=O) groups excluding carboxylic acids is 1. The quantitative estimate of drug-likeness (QED) is 0.906. The lowest BCUT2D eigenvalue weighted by atomic mass is 9.89. The summed E-state index contributed by atoms with van der Waals surface area (Å²) in [5.74, 6) is 0.197. The first-order valence-corrected chi connectivity index (χ1v) is 7.40. The third kappa shape index (κ3) is 4.04. The Morgan fingerprint density at radius 1 is 1.38 bits per heavy atom. The molecule has 1 saturated heterocycles. The molecule has 0 radical (unpaired) electrons. The van der Waals surface area contributed by atoms with Crippen molar-refractivity contribution in [3.63, 3.8) is 0 Å². The number of piperazine rings is 1. The number of rotatable bonds is 3. The minimum atomic E-state index is -0.364. The van der Waals surface area contributed by atoms with Gasteiger partial charge in [-0.1, -0.05) is 25.9 Å². The van der Waals surface area contributed by atoms with E-state index in [2.05, 4.69) is 10.1 Å². The lowest BCUT2D eigenvalue weighted by molar-refractivity contribution is 0.0130. The minimum Gasteiger partial charge on any atom is -0.391 e. The smallest absolute Gasteiger partial charge is 0.292 e. The average molecular weight is 295 g/mol. The Bertz CT molecular complexity index is 485. The van der Waals surface area contributed by atoms with Gasteiger partial charge in [0.15, 0.2) is 0 Å². The van der Waals surface area contributed by atoms with Crippen LogP contribution in [-0.4, -0.2) is 64.8 Å². The Balaban J connectivity index is 1.84. The molecule has 1 fully saturated rings. The van der Waals surface area contributed by atoms with Crippen LogP contribution in [0.1, 0.15) is 37.0 Å². The molecule has 1 aromatic rings. The van der Waals surface area contributed by atoms with Crippen molar-refractivity contribution < 1.29 is 14.4 Å². The van der Waals surface area contributed by atoms with Crippen molar-refractivity contribution >= 4 is 5.91 Å². The van der Waals surface area contributed by atoms with Crippen molar-refractivity contribution in [3.8, 4) is 0 Å². The van der Waals surface area contributed by atoms with Crippen LogP contribution in [0.5, 0.6) is 0 Å². The molecule has 1 aliphatic rings. The lowest BCUT2D eigenvalue weighted by Crippen LogP contribution is -2.51. The molecule has 0 spiro atoms. The second kappa shape index (κ2) is 6.15. The Kier molecular flexibility index (Phi) is 4.68. The van der Waals surface area contributed by atoms with Crippen LogP contribution in [0.3, 0.4) is 0 Å². The molecule has 1 N–H and O–H groups in total. The fourth-order valence-corrected chi connectivity index (χ4v) is 2.27. The van der Waals surface area contributed by atoms with Crippen LogP contribution in [0.4, 0.5) is 0 Å². The normalized spacial score (nSPS) is 18.8. The first kappa shape index (κ1) is 16.0. The van der Waals surface area contributed by atoms with Crippen molar-refractivity contribution in [2.75, 3.05) is 32.7 Å². The number of carbonyl (C=O) groups is 1. The second-order valence-electron chi connectivity index (χ2n) is 6.81. The predicted molar refractivity (Wildman–Crippen MR) is 79.0 cm³/mol. The fourth-order valence-electron chi connectivity index (χ4n) is 2.27. The molecule has 6 nitrogen and oxygen atoms in total.